The molecule has 8 heteroatoms. The van der Waals surface area contributed by atoms with Crippen LogP contribution in [-0.4, -0.2) is 39.9 Å². The molecule has 34 heavy (non-hydrogen) atoms. The average molecular weight is 459 g/mol. The van der Waals surface area contributed by atoms with Crippen molar-refractivity contribution in [2.45, 2.75) is 24.9 Å². The van der Waals surface area contributed by atoms with Crippen LogP contribution >= 0.6 is 0 Å². The number of nitrogens with zero attached hydrogens (tertiary/aromatic N) is 3. The van der Waals surface area contributed by atoms with Crippen LogP contribution in [0.5, 0.6) is 11.5 Å². The minimum Gasteiger partial charge on any atom is -0.502 e. The lowest BCUT2D eigenvalue weighted by Crippen LogP contribution is -2.56. The topological polar surface area (TPSA) is 75.0 Å². The Balaban J connectivity index is 1.51. The molecule has 4 atom stereocenters. The second-order valence-electron chi connectivity index (χ2n) is 9.71. The fourth-order valence-electron chi connectivity index (χ4n) is 6.03. The fraction of sp³-hybridized carbons (Fsp3) is 0.308. The zero-order chi connectivity index (χ0) is 23.2. The number of pyridine rings is 1. The Hall–Kier alpha value is -3.81. The first-order valence-electron chi connectivity index (χ1n) is 11.5. The van der Waals surface area contributed by atoms with Crippen molar-refractivity contribution in [2.75, 3.05) is 18.3 Å². The van der Waals surface area contributed by atoms with E-state index in [9.17, 15) is 14.7 Å². The van der Waals surface area contributed by atoms with E-state index in [2.05, 4.69) is 0 Å². The highest BCUT2D eigenvalue weighted by molar-refractivity contribution is 5.96. The minimum atomic E-state index is -0.605. The largest absolute Gasteiger partial charge is 0.502 e. The van der Waals surface area contributed by atoms with Gasteiger partial charge in [-0.1, -0.05) is 42.5 Å². The van der Waals surface area contributed by atoms with Crippen molar-refractivity contribution >= 4 is 5.91 Å². The zero-order valence-electron chi connectivity index (χ0n) is 18.2. The molecule has 1 spiro atoms. The van der Waals surface area contributed by atoms with Gasteiger partial charge in [0, 0.05) is 29.8 Å². The number of fused-ring (bicyclic) bond motifs is 6. The summed E-state index contributed by atoms with van der Waals surface area (Å²) in [5.74, 6) is -0.916. The Morgan fingerprint density at radius 1 is 1.03 bits per heavy atom. The number of hydrogen-bond donors (Lipinski definition) is 1. The smallest absolute Gasteiger partial charge is 0.278 e. The summed E-state index contributed by atoms with van der Waals surface area (Å²) in [6, 6.07) is 15.2. The lowest BCUT2D eigenvalue weighted by molar-refractivity contribution is 0.0649. The number of rotatable bonds is 1. The molecule has 2 fully saturated rings. The maximum atomic E-state index is 15.2. The Morgan fingerprint density at radius 2 is 1.85 bits per heavy atom. The predicted molar refractivity (Wildman–Crippen MR) is 121 cm³/mol. The molecule has 172 valence electrons. The van der Waals surface area contributed by atoms with Gasteiger partial charge in [0.15, 0.2) is 23.0 Å². The molecule has 0 saturated heterocycles. The van der Waals surface area contributed by atoms with Crippen LogP contribution in [0.4, 0.5) is 4.39 Å². The number of halogens is 1. The molecule has 0 radical (unpaired) electrons. The second-order valence-corrected chi connectivity index (χ2v) is 9.71. The summed E-state index contributed by atoms with van der Waals surface area (Å²) in [5.41, 5.74) is 0.802. The standard InChI is InChI=1S/C26H22FN3O4/c27-18-8-4-7-17-21(15-5-2-1-3-6-15)30-14-28(20-12-26(20)11-16(26)13-34-24(17)18)25(33)22-23(32)19(31)9-10-29(22)30/h1-10,16,20-21,32H,11-14H2/t16-,20?,21+,26-/m1/s1. The van der Waals surface area contributed by atoms with Gasteiger partial charge in [0.2, 0.25) is 5.43 Å². The number of amides is 1. The molecule has 7 rings (SSSR count). The lowest BCUT2D eigenvalue weighted by atomic mass is 9.96. The number of aromatic hydroxyl groups is 1. The maximum Gasteiger partial charge on any atom is 0.278 e. The first kappa shape index (κ1) is 19.6. The molecule has 2 aromatic carbocycles. The molecule has 1 unspecified atom stereocenters. The number of benzene rings is 2. The van der Waals surface area contributed by atoms with Crippen molar-refractivity contribution in [1.82, 2.24) is 9.58 Å². The van der Waals surface area contributed by atoms with E-state index in [0.29, 0.717) is 12.2 Å². The van der Waals surface area contributed by atoms with Gasteiger partial charge in [0.05, 0.1) is 6.61 Å². The Morgan fingerprint density at radius 3 is 2.68 bits per heavy atom. The van der Waals surface area contributed by atoms with Crippen LogP contribution in [0.1, 0.15) is 40.5 Å². The molecule has 2 aliphatic heterocycles. The summed E-state index contributed by atoms with van der Waals surface area (Å²) in [6.45, 7) is 0.632. The van der Waals surface area contributed by atoms with Crippen LogP contribution in [0.15, 0.2) is 65.6 Å². The molecule has 4 aliphatic rings. The molecular weight excluding hydrogens is 437 g/mol. The summed E-state index contributed by atoms with van der Waals surface area (Å²) in [4.78, 5) is 27.7. The maximum absolute atomic E-state index is 15.2. The van der Waals surface area contributed by atoms with Crippen LogP contribution < -0.4 is 15.2 Å². The zero-order valence-corrected chi connectivity index (χ0v) is 18.2. The Bertz CT molecular complexity index is 1410. The van der Waals surface area contributed by atoms with Crippen LogP contribution in [0, 0.1) is 17.2 Å². The first-order valence-corrected chi connectivity index (χ1v) is 11.5. The van der Waals surface area contributed by atoms with E-state index in [0.717, 1.165) is 18.4 Å². The SMILES string of the molecule is O=C1c2c(O)c(=O)ccn2N2CN1C1C[C@@]13C[C@@H]3COc1c(F)cccc1[C@@H]2c1ccccc1. The highest BCUT2D eigenvalue weighted by Crippen LogP contribution is 2.72. The highest BCUT2D eigenvalue weighted by atomic mass is 19.1. The van der Waals surface area contributed by atoms with Crippen LogP contribution in [-0.2, 0) is 0 Å². The third-order valence-corrected chi connectivity index (χ3v) is 7.96. The summed E-state index contributed by atoms with van der Waals surface area (Å²) >= 11 is 0. The minimum absolute atomic E-state index is 0.00189. The third-order valence-electron chi connectivity index (χ3n) is 7.96. The van der Waals surface area contributed by atoms with Crippen LogP contribution in [0.25, 0.3) is 0 Å². The van der Waals surface area contributed by atoms with Crippen molar-refractivity contribution in [3.8, 4) is 11.5 Å². The van der Waals surface area contributed by atoms with Crippen LogP contribution in [0.2, 0.25) is 0 Å². The van der Waals surface area contributed by atoms with Crippen molar-refractivity contribution in [2.24, 2.45) is 11.3 Å². The molecule has 3 aromatic rings. The molecule has 1 amide bonds. The van der Waals surface area contributed by atoms with Gasteiger partial charge in [-0.15, -0.1) is 0 Å². The number of ether oxygens (including phenoxy) is 1. The second kappa shape index (κ2) is 6.62. The van der Waals surface area contributed by atoms with E-state index in [1.807, 2.05) is 41.4 Å². The van der Waals surface area contributed by atoms with E-state index in [1.54, 1.807) is 15.6 Å². The van der Waals surface area contributed by atoms with E-state index < -0.39 is 23.0 Å². The third kappa shape index (κ3) is 2.56. The monoisotopic (exact) mass is 459 g/mol. The van der Waals surface area contributed by atoms with Gasteiger partial charge in [-0.25, -0.2) is 4.39 Å². The van der Waals surface area contributed by atoms with Gasteiger partial charge >= 0.3 is 0 Å². The molecule has 3 heterocycles. The van der Waals surface area contributed by atoms with Gasteiger partial charge in [-0.2, -0.15) is 0 Å². The fourth-order valence-corrected chi connectivity index (χ4v) is 6.03. The lowest BCUT2D eigenvalue weighted by Gasteiger charge is -2.44. The Labute approximate surface area is 194 Å². The molecule has 1 N–H and O–H groups in total. The van der Waals surface area contributed by atoms with Crippen molar-refractivity contribution in [3.05, 3.63) is 93.7 Å². The van der Waals surface area contributed by atoms with E-state index in [-0.39, 0.29) is 41.4 Å². The van der Waals surface area contributed by atoms with Gasteiger partial charge in [-0.05, 0) is 29.9 Å². The van der Waals surface area contributed by atoms with Crippen LogP contribution in [0.3, 0.4) is 0 Å². The van der Waals surface area contributed by atoms with E-state index in [4.69, 9.17) is 4.74 Å². The number of aromatic nitrogens is 1. The summed E-state index contributed by atoms with van der Waals surface area (Å²) in [7, 11) is 0. The van der Waals surface area contributed by atoms with Gasteiger partial charge in [-0.3, -0.25) is 19.3 Å². The normalized spacial score (nSPS) is 28.5. The quantitative estimate of drug-likeness (QED) is 0.606. The molecular formula is C26H22FN3O4. The van der Waals surface area contributed by atoms with E-state index >= 15 is 4.39 Å². The summed E-state index contributed by atoms with van der Waals surface area (Å²) < 4.78 is 22.8. The predicted octanol–water partition coefficient (Wildman–Crippen LogP) is 3.00. The van der Waals surface area contributed by atoms with Crippen molar-refractivity contribution in [3.63, 3.8) is 0 Å². The summed E-state index contributed by atoms with van der Waals surface area (Å²) in [5, 5.41) is 12.6. The van der Waals surface area contributed by atoms with Crippen molar-refractivity contribution < 1.29 is 19.0 Å². The van der Waals surface area contributed by atoms with Gasteiger partial charge < -0.3 is 14.7 Å². The van der Waals surface area contributed by atoms with E-state index in [1.165, 1.54) is 18.3 Å². The molecule has 7 nitrogen and oxygen atoms in total. The molecule has 1 aromatic heterocycles. The number of para-hydroxylation sites is 1. The number of carbonyl (C=O) groups is 1. The van der Waals surface area contributed by atoms with Crippen molar-refractivity contribution in [1.29, 1.82) is 0 Å². The number of carbonyl (C=O) groups excluding carboxylic acids is 1. The van der Waals surface area contributed by atoms with Gasteiger partial charge in [0.1, 0.15) is 12.7 Å². The molecule has 2 aliphatic carbocycles. The molecule has 2 bridgehead atoms. The molecule has 2 saturated carbocycles. The highest BCUT2D eigenvalue weighted by Gasteiger charge is 2.73. The summed E-state index contributed by atoms with van der Waals surface area (Å²) in [6.07, 6.45) is 3.27. The first-order chi connectivity index (χ1) is 16.5. The average Bonchev–Trinajstić information content (AvgIpc) is 3.74. The number of hydrogen-bond acceptors (Lipinski definition) is 5. The Kier molecular flexibility index (Phi) is 3.82. The van der Waals surface area contributed by atoms with Gasteiger partial charge in [0.25, 0.3) is 5.91 Å².